The number of imidazole rings is 1. The molecule has 0 aliphatic heterocycles. The molecule has 0 atom stereocenters. The number of aromatic amines is 1. The van der Waals surface area contributed by atoms with E-state index in [1.54, 1.807) is 6.20 Å². The first-order chi connectivity index (χ1) is 5.18. The van der Waals surface area contributed by atoms with Crippen LogP contribution in [0.5, 0.6) is 0 Å². The number of aliphatic carboxylic acids is 1. The molecule has 0 aliphatic carbocycles. The van der Waals surface area contributed by atoms with E-state index in [1.165, 1.54) is 0 Å². The van der Waals surface area contributed by atoms with E-state index in [2.05, 4.69) is 9.97 Å². The second-order valence-corrected chi connectivity index (χ2v) is 2.39. The normalized spacial score (nSPS) is 9.08. The zero-order valence-corrected chi connectivity index (χ0v) is 7.52. The van der Waals surface area contributed by atoms with Crippen molar-refractivity contribution in [1.29, 1.82) is 0 Å². The second kappa shape index (κ2) is 4.77. The molecule has 0 saturated heterocycles. The van der Waals surface area contributed by atoms with Gasteiger partial charge in [-0.1, -0.05) is 0 Å². The summed E-state index contributed by atoms with van der Waals surface area (Å²) in [7, 11) is 0. The zero-order valence-electron chi connectivity index (χ0n) is 6.70. The van der Waals surface area contributed by atoms with Crippen molar-refractivity contribution in [2.24, 2.45) is 0 Å². The molecule has 1 heterocycles. The average Bonchev–Trinajstić information content (AvgIpc) is 2.31. The Labute approximate surface area is 76.4 Å². The van der Waals surface area contributed by atoms with Gasteiger partial charge in [0.05, 0.1) is 6.42 Å². The summed E-state index contributed by atoms with van der Waals surface area (Å²) in [5.74, 6) is 0.0441. The van der Waals surface area contributed by atoms with Gasteiger partial charge in [-0.25, -0.2) is 4.98 Å². The van der Waals surface area contributed by atoms with Crippen molar-refractivity contribution in [2.75, 3.05) is 0 Å². The van der Waals surface area contributed by atoms with Gasteiger partial charge in [-0.05, 0) is 13.3 Å². The summed E-state index contributed by atoms with van der Waals surface area (Å²) >= 11 is 0. The molecule has 0 amide bonds. The molecule has 5 heteroatoms. The van der Waals surface area contributed by atoms with E-state index < -0.39 is 5.97 Å². The third-order valence-electron chi connectivity index (χ3n) is 1.36. The predicted molar refractivity (Wildman–Crippen MR) is 46.5 cm³/mol. The Bertz CT molecular complexity index is 260. The summed E-state index contributed by atoms with van der Waals surface area (Å²) in [6.45, 7) is 1.84. The molecule has 0 bridgehead atoms. The topological polar surface area (TPSA) is 66.0 Å². The molecular formula is C7H11ClN2O2. The largest absolute Gasteiger partial charge is 0.481 e. The van der Waals surface area contributed by atoms with Crippen molar-refractivity contribution in [2.45, 2.75) is 19.8 Å². The Morgan fingerprint density at radius 3 is 2.83 bits per heavy atom. The first-order valence-corrected chi connectivity index (χ1v) is 3.41. The van der Waals surface area contributed by atoms with Crippen LogP contribution < -0.4 is 0 Å². The standard InChI is InChI=1S/C7H10N2O2.ClH/c1-5-8-4-6(9-5)2-3-7(10)11;/h4H,2-3H2,1H3,(H,8,9)(H,10,11);1H. The number of hydrogen-bond acceptors (Lipinski definition) is 2. The van der Waals surface area contributed by atoms with Gasteiger partial charge in [0, 0.05) is 11.9 Å². The van der Waals surface area contributed by atoms with Crippen LogP contribution in [0.3, 0.4) is 0 Å². The lowest BCUT2D eigenvalue weighted by atomic mass is 10.2. The molecule has 2 N–H and O–H groups in total. The van der Waals surface area contributed by atoms with Crippen LogP contribution in [0.1, 0.15) is 17.9 Å². The lowest BCUT2D eigenvalue weighted by molar-refractivity contribution is -0.136. The molecule has 1 rings (SSSR count). The SMILES string of the molecule is Cc1ncc(CCC(=O)O)[nH]1.Cl. The van der Waals surface area contributed by atoms with Crippen LogP contribution >= 0.6 is 12.4 Å². The smallest absolute Gasteiger partial charge is 0.303 e. The zero-order chi connectivity index (χ0) is 8.27. The summed E-state index contributed by atoms with van der Waals surface area (Å²) < 4.78 is 0. The minimum absolute atomic E-state index is 0. The molecule has 4 nitrogen and oxygen atoms in total. The number of hydrogen-bond donors (Lipinski definition) is 2. The highest BCUT2D eigenvalue weighted by Gasteiger charge is 2.00. The molecule has 0 radical (unpaired) electrons. The Hall–Kier alpha value is -1.03. The molecule has 0 saturated carbocycles. The molecule has 0 unspecified atom stereocenters. The van der Waals surface area contributed by atoms with Gasteiger partial charge in [-0.3, -0.25) is 4.79 Å². The van der Waals surface area contributed by atoms with Crippen molar-refractivity contribution in [3.8, 4) is 0 Å². The number of halogens is 1. The molecule has 12 heavy (non-hydrogen) atoms. The van der Waals surface area contributed by atoms with Gasteiger partial charge < -0.3 is 10.1 Å². The molecule has 0 fully saturated rings. The van der Waals surface area contributed by atoms with Crippen LogP contribution in [0.2, 0.25) is 0 Å². The van der Waals surface area contributed by atoms with Crippen LogP contribution in [0.15, 0.2) is 6.20 Å². The number of carbonyl (C=O) groups is 1. The number of carboxylic acids is 1. The van der Waals surface area contributed by atoms with Gasteiger partial charge in [0.15, 0.2) is 0 Å². The fourth-order valence-electron chi connectivity index (χ4n) is 0.840. The fourth-order valence-corrected chi connectivity index (χ4v) is 0.840. The number of aromatic nitrogens is 2. The Morgan fingerprint density at radius 2 is 2.42 bits per heavy atom. The van der Waals surface area contributed by atoms with Gasteiger partial charge in [0.2, 0.25) is 0 Å². The number of H-pyrrole nitrogens is 1. The summed E-state index contributed by atoms with van der Waals surface area (Å²) in [4.78, 5) is 17.0. The Balaban J connectivity index is 0.00000121. The number of nitrogens with one attached hydrogen (secondary N) is 1. The summed E-state index contributed by atoms with van der Waals surface area (Å²) in [6.07, 6.45) is 2.34. The molecule has 0 aromatic carbocycles. The average molecular weight is 191 g/mol. The van der Waals surface area contributed by atoms with Gasteiger partial charge in [0.25, 0.3) is 0 Å². The van der Waals surface area contributed by atoms with Crippen LogP contribution in [-0.2, 0) is 11.2 Å². The third kappa shape index (κ3) is 3.39. The van der Waals surface area contributed by atoms with Crippen LogP contribution in [-0.4, -0.2) is 21.0 Å². The van der Waals surface area contributed by atoms with E-state index in [1.807, 2.05) is 6.92 Å². The number of aryl methyl sites for hydroxylation is 2. The van der Waals surface area contributed by atoms with E-state index in [4.69, 9.17) is 5.11 Å². The fraction of sp³-hybridized carbons (Fsp3) is 0.429. The van der Waals surface area contributed by atoms with E-state index in [9.17, 15) is 4.79 Å². The maximum atomic E-state index is 10.1. The Kier molecular flexibility index (Phi) is 4.36. The summed E-state index contributed by atoms with van der Waals surface area (Å²) in [5.41, 5.74) is 0.880. The lowest BCUT2D eigenvalue weighted by Gasteiger charge is -1.90. The van der Waals surface area contributed by atoms with Gasteiger partial charge in [-0.15, -0.1) is 12.4 Å². The molecule has 1 aromatic rings. The molecule has 0 spiro atoms. The van der Waals surface area contributed by atoms with E-state index >= 15 is 0 Å². The summed E-state index contributed by atoms with van der Waals surface area (Å²) in [5, 5.41) is 8.35. The maximum Gasteiger partial charge on any atom is 0.303 e. The summed E-state index contributed by atoms with van der Waals surface area (Å²) in [6, 6.07) is 0. The highest BCUT2D eigenvalue weighted by atomic mass is 35.5. The van der Waals surface area contributed by atoms with Crippen molar-refractivity contribution in [3.05, 3.63) is 17.7 Å². The van der Waals surface area contributed by atoms with E-state index in [-0.39, 0.29) is 18.8 Å². The minimum Gasteiger partial charge on any atom is -0.481 e. The first kappa shape index (κ1) is 11.0. The van der Waals surface area contributed by atoms with Gasteiger partial charge in [0.1, 0.15) is 5.82 Å². The number of rotatable bonds is 3. The van der Waals surface area contributed by atoms with Crippen LogP contribution in [0, 0.1) is 6.92 Å². The quantitative estimate of drug-likeness (QED) is 0.752. The van der Waals surface area contributed by atoms with Crippen LogP contribution in [0.4, 0.5) is 0 Å². The molecule has 68 valence electrons. The highest BCUT2D eigenvalue weighted by Crippen LogP contribution is 1.99. The monoisotopic (exact) mass is 190 g/mol. The van der Waals surface area contributed by atoms with Gasteiger partial charge >= 0.3 is 5.97 Å². The van der Waals surface area contributed by atoms with Crippen LogP contribution in [0.25, 0.3) is 0 Å². The van der Waals surface area contributed by atoms with Crippen molar-refractivity contribution in [3.63, 3.8) is 0 Å². The molecule has 0 aliphatic rings. The van der Waals surface area contributed by atoms with E-state index in [0.29, 0.717) is 6.42 Å². The number of carboxylic acid groups (broad SMARTS) is 1. The minimum atomic E-state index is -0.780. The lowest BCUT2D eigenvalue weighted by Crippen LogP contribution is -1.97. The second-order valence-electron chi connectivity index (χ2n) is 2.39. The van der Waals surface area contributed by atoms with Crippen molar-refractivity contribution >= 4 is 18.4 Å². The van der Waals surface area contributed by atoms with Crippen molar-refractivity contribution < 1.29 is 9.90 Å². The van der Waals surface area contributed by atoms with Gasteiger partial charge in [-0.2, -0.15) is 0 Å². The highest BCUT2D eigenvalue weighted by molar-refractivity contribution is 5.85. The Morgan fingerprint density at radius 1 is 1.75 bits per heavy atom. The van der Waals surface area contributed by atoms with Crippen molar-refractivity contribution in [1.82, 2.24) is 9.97 Å². The maximum absolute atomic E-state index is 10.1. The number of nitrogens with zero attached hydrogens (tertiary/aromatic N) is 1. The first-order valence-electron chi connectivity index (χ1n) is 3.41. The molecule has 1 aromatic heterocycles. The van der Waals surface area contributed by atoms with E-state index in [0.717, 1.165) is 11.5 Å². The molecular weight excluding hydrogens is 180 g/mol. The third-order valence-corrected chi connectivity index (χ3v) is 1.36. The predicted octanol–water partition coefficient (Wildman–Crippen LogP) is 1.16.